The van der Waals surface area contributed by atoms with E-state index in [0.29, 0.717) is 0 Å². The summed E-state index contributed by atoms with van der Waals surface area (Å²) in [5.74, 6) is 0.957. The van der Waals surface area contributed by atoms with E-state index in [9.17, 15) is 0 Å². The molecule has 0 aliphatic rings. The number of anilines is 1. The number of para-hydroxylation sites is 1. The summed E-state index contributed by atoms with van der Waals surface area (Å²) in [5, 5.41) is 5.39. The predicted octanol–water partition coefficient (Wildman–Crippen LogP) is 5.32. The summed E-state index contributed by atoms with van der Waals surface area (Å²) in [6.07, 6.45) is 0. The van der Waals surface area contributed by atoms with E-state index in [1.54, 1.807) is 0 Å². The summed E-state index contributed by atoms with van der Waals surface area (Å²) in [4.78, 5) is 0. The molecule has 0 bridgehead atoms. The quantitative estimate of drug-likeness (QED) is 0.705. The fourth-order valence-electron chi connectivity index (χ4n) is 2.42. The van der Waals surface area contributed by atoms with E-state index in [2.05, 4.69) is 11.4 Å². The van der Waals surface area contributed by atoms with Crippen LogP contribution in [0, 0.1) is 13.8 Å². The minimum atomic E-state index is 0.726. The Bertz CT molecular complexity index is 761. The van der Waals surface area contributed by atoms with Crippen LogP contribution in [0.15, 0.2) is 46.9 Å². The van der Waals surface area contributed by atoms with Gasteiger partial charge >= 0.3 is 0 Å². The average molecular weight is 286 g/mol. The topological polar surface area (TPSA) is 25.2 Å². The Labute approximate surface area is 123 Å². The number of fused-ring (bicyclic) bond motifs is 1. The highest BCUT2D eigenvalue weighted by atomic mass is 35.5. The maximum atomic E-state index is 6.14. The first-order valence-corrected chi connectivity index (χ1v) is 7.00. The molecule has 0 aliphatic carbocycles. The predicted molar refractivity (Wildman–Crippen MR) is 84.5 cm³/mol. The smallest absolute Gasteiger partial charge is 0.134 e. The molecule has 0 spiro atoms. The van der Waals surface area contributed by atoms with E-state index in [0.717, 1.165) is 39.5 Å². The number of halogens is 1. The lowest BCUT2D eigenvalue weighted by Gasteiger charge is -2.10. The van der Waals surface area contributed by atoms with Crippen LogP contribution in [0.3, 0.4) is 0 Å². The third kappa shape index (κ3) is 2.27. The summed E-state index contributed by atoms with van der Waals surface area (Å²) in [5.41, 5.74) is 4.26. The average Bonchev–Trinajstić information content (AvgIpc) is 2.76. The van der Waals surface area contributed by atoms with E-state index in [4.69, 9.17) is 16.0 Å². The second kappa shape index (κ2) is 5.22. The van der Waals surface area contributed by atoms with Crippen LogP contribution in [0.1, 0.15) is 16.9 Å². The summed E-state index contributed by atoms with van der Waals surface area (Å²) in [6, 6.07) is 14.0. The van der Waals surface area contributed by atoms with Gasteiger partial charge in [0.15, 0.2) is 0 Å². The van der Waals surface area contributed by atoms with Crippen molar-refractivity contribution in [3.05, 3.63) is 64.4 Å². The molecule has 0 aliphatic heterocycles. The number of rotatable bonds is 3. The molecule has 20 heavy (non-hydrogen) atoms. The van der Waals surface area contributed by atoms with Crippen LogP contribution >= 0.6 is 11.6 Å². The molecule has 3 heteroatoms. The molecule has 0 unspecified atom stereocenters. The normalized spacial score (nSPS) is 10.9. The first kappa shape index (κ1) is 13.1. The van der Waals surface area contributed by atoms with Gasteiger partial charge in [0.2, 0.25) is 0 Å². The SMILES string of the molecule is Cc1oc2ccccc2c1CNc1cccc(Cl)c1C. The number of hydrogen-bond acceptors (Lipinski definition) is 2. The standard InChI is InChI=1S/C17H16ClNO/c1-11-15(18)7-5-8-16(11)19-10-14-12(2)20-17-9-4-3-6-13(14)17/h3-9,19H,10H2,1-2H3. The van der Waals surface area contributed by atoms with Crippen molar-refractivity contribution in [2.24, 2.45) is 0 Å². The maximum absolute atomic E-state index is 6.14. The maximum Gasteiger partial charge on any atom is 0.134 e. The Morgan fingerprint density at radius 2 is 1.85 bits per heavy atom. The van der Waals surface area contributed by atoms with Gasteiger partial charge in [-0.2, -0.15) is 0 Å². The van der Waals surface area contributed by atoms with Crippen molar-refractivity contribution in [3.63, 3.8) is 0 Å². The van der Waals surface area contributed by atoms with E-state index in [-0.39, 0.29) is 0 Å². The van der Waals surface area contributed by atoms with Crippen molar-refractivity contribution in [2.45, 2.75) is 20.4 Å². The number of nitrogens with one attached hydrogen (secondary N) is 1. The number of aryl methyl sites for hydroxylation is 1. The molecule has 0 saturated heterocycles. The molecule has 0 radical (unpaired) electrons. The van der Waals surface area contributed by atoms with Gasteiger partial charge in [0.1, 0.15) is 11.3 Å². The molecular formula is C17H16ClNO. The molecule has 2 aromatic carbocycles. The van der Waals surface area contributed by atoms with Gasteiger partial charge in [-0.25, -0.2) is 0 Å². The highest BCUT2D eigenvalue weighted by Crippen LogP contribution is 2.28. The van der Waals surface area contributed by atoms with Crippen LogP contribution < -0.4 is 5.32 Å². The van der Waals surface area contributed by atoms with Gasteiger partial charge in [-0.15, -0.1) is 0 Å². The van der Waals surface area contributed by atoms with Crippen molar-refractivity contribution >= 4 is 28.3 Å². The Balaban J connectivity index is 1.90. The molecule has 1 aromatic heterocycles. The zero-order valence-electron chi connectivity index (χ0n) is 11.5. The van der Waals surface area contributed by atoms with Crippen LogP contribution in [0.2, 0.25) is 5.02 Å². The number of furan rings is 1. The van der Waals surface area contributed by atoms with Gasteiger partial charge in [-0.1, -0.05) is 35.9 Å². The fraction of sp³-hybridized carbons (Fsp3) is 0.176. The Morgan fingerprint density at radius 3 is 2.70 bits per heavy atom. The molecule has 2 nitrogen and oxygen atoms in total. The van der Waals surface area contributed by atoms with Gasteiger partial charge in [0.05, 0.1) is 0 Å². The summed E-state index contributed by atoms with van der Waals surface area (Å²) in [7, 11) is 0. The third-order valence-corrected chi connectivity index (χ3v) is 4.03. The minimum absolute atomic E-state index is 0.726. The van der Waals surface area contributed by atoms with Crippen molar-refractivity contribution in [1.82, 2.24) is 0 Å². The van der Waals surface area contributed by atoms with Crippen molar-refractivity contribution in [1.29, 1.82) is 0 Å². The Hall–Kier alpha value is -1.93. The summed E-state index contributed by atoms with van der Waals surface area (Å²) >= 11 is 6.14. The molecule has 1 heterocycles. The summed E-state index contributed by atoms with van der Waals surface area (Å²) in [6.45, 7) is 4.75. The monoisotopic (exact) mass is 285 g/mol. The largest absolute Gasteiger partial charge is 0.461 e. The van der Waals surface area contributed by atoms with E-state index < -0.39 is 0 Å². The van der Waals surface area contributed by atoms with Gasteiger partial charge in [0.25, 0.3) is 0 Å². The van der Waals surface area contributed by atoms with Crippen LogP contribution in [-0.4, -0.2) is 0 Å². The Morgan fingerprint density at radius 1 is 1.05 bits per heavy atom. The Kier molecular flexibility index (Phi) is 3.41. The second-order valence-corrected chi connectivity index (χ2v) is 5.31. The summed E-state index contributed by atoms with van der Waals surface area (Å²) < 4.78 is 5.78. The first-order valence-electron chi connectivity index (χ1n) is 6.63. The van der Waals surface area contributed by atoms with Gasteiger partial charge in [-0.3, -0.25) is 0 Å². The zero-order chi connectivity index (χ0) is 14.1. The first-order chi connectivity index (χ1) is 9.66. The van der Waals surface area contributed by atoms with Gasteiger partial charge < -0.3 is 9.73 Å². The molecule has 3 rings (SSSR count). The molecule has 1 N–H and O–H groups in total. The van der Waals surface area contributed by atoms with Crippen LogP contribution in [0.5, 0.6) is 0 Å². The lowest BCUT2D eigenvalue weighted by molar-refractivity contribution is 0.573. The minimum Gasteiger partial charge on any atom is -0.461 e. The number of hydrogen-bond donors (Lipinski definition) is 1. The van der Waals surface area contributed by atoms with Gasteiger partial charge in [0, 0.05) is 28.2 Å². The molecule has 3 aromatic rings. The van der Waals surface area contributed by atoms with Crippen molar-refractivity contribution in [3.8, 4) is 0 Å². The van der Waals surface area contributed by atoms with Crippen molar-refractivity contribution < 1.29 is 4.42 Å². The lowest BCUT2D eigenvalue weighted by Crippen LogP contribution is -2.01. The molecule has 0 saturated carbocycles. The molecular weight excluding hydrogens is 270 g/mol. The van der Waals surface area contributed by atoms with Crippen LogP contribution in [0.25, 0.3) is 11.0 Å². The molecule has 0 fully saturated rings. The van der Waals surface area contributed by atoms with E-state index in [1.807, 2.05) is 50.2 Å². The molecule has 102 valence electrons. The fourth-order valence-corrected chi connectivity index (χ4v) is 2.60. The van der Waals surface area contributed by atoms with Crippen LogP contribution in [0.4, 0.5) is 5.69 Å². The lowest BCUT2D eigenvalue weighted by atomic mass is 10.1. The van der Waals surface area contributed by atoms with Crippen LogP contribution in [-0.2, 0) is 6.54 Å². The third-order valence-electron chi connectivity index (χ3n) is 3.62. The highest BCUT2D eigenvalue weighted by Gasteiger charge is 2.10. The molecule has 0 amide bonds. The van der Waals surface area contributed by atoms with Gasteiger partial charge in [-0.05, 0) is 37.6 Å². The zero-order valence-corrected chi connectivity index (χ0v) is 12.3. The molecule has 0 atom stereocenters. The van der Waals surface area contributed by atoms with E-state index >= 15 is 0 Å². The highest BCUT2D eigenvalue weighted by molar-refractivity contribution is 6.31. The van der Waals surface area contributed by atoms with E-state index in [1.165, 1.54) is 5.56 Å². The second-order valence-electron chi connectivity index (χ2n) is 4.90. The number of benzene rings is 2. The van der Waals surface area contributed by atoms with Crippen molar-refractivity contribution in [2.75, 3.05) is 5.32 Å².